The molecule has 0 radical (unpaired) electrons. The Balaban J connectivity index is 2.11. The number of aromatic nitrogens is 2. The molecule has 3 aromatic rings. The summed E-state index contributed by atoms with van der Waals surface area (Å²) in [7, 11) is 0. The highest BCUT2D eigenvalue weighted by Crippen LogP contribution is 2.23. The molecule has 2 amide bonds. The monoisotopic (exact) mass is 432 g/mol. The molecule has 2 heterocycles. The van der Waals surface area contributed by atoms with Crippen LogP contribution in [0.2, 0.25) is 0 Å². The van der Waals surface area contributed by atoms with Crippen molar-refractivity contribution >= 4 is 51.9 Å². The molecule has 0 aliphatic heterocycles. The van der Waals surface area contributed by atoms with Crippen molar-refractivity contribution in [3.63, 3.8) is 0 Å². The number of fused-ring (bicyclic) bond motifs is 3. The molecule has 0 bridgehead atoms. The van der Waals surface area contributed by atoms with E-state index in [0.717, 1.165) is 17.8 Å². The molecule has 0 aliphatic rings. The summed E-state index contributed by atoms with van der Waals surface area (Å²) in [5, 5.41) is 6.12. The van der Waals surface area contributed by atoms with Gasteiger partial charge in [-0.25, -0.2) is 0 Å². The smallest absolute Gasteiger partial charge is 0.265 e. The number of thiazole rings is 1. The summed E-state index contributed by atoms with van der Waals surface area (Å²) in [6.45, 7) is 8.49. The van der Waals surface area contributed by atoms with Gasteiger partial charge in [0.25, 0.3) is 17.4 Å². The van der Waals surface area contributed by atoms with E-state index in [-0.39, 0.29) is 23.4 Å². The van der Waals surface area contributed by atoms with Crippen LogP contribution in [-0.4, -0.2) is 33.8 Å². The largest absolute Gasteiger partial charge is 0.352 e. The van der Waals surface area contributed by atoms with Gasteiger partial charge >= 0.3 is 0 Å². The van der Waals surface area contributed by atoms with E-state index in [9.17, 15) is 14.4 Å². The predicted octanol–water partition coefficient (Wildman–Crippen LogP) is 3.49. The van der Waals surface area contributed by atoms with Gasteiger partial charge in [0.05, 0.1) is 10.9 Å². The Labute approximate surface area is 177 Å². The molecule has 2 aromatic heterocycles. The Kier molecular flexibility index (Phi) is 6.18. The molecule has 0 saturated carbocycles. The SMILES string of the molecule is CC(C)CCNC(=O)c1ccc2c(=O)[nH]c3c(C(=O)NC(C)C)sc(=S)n3c2c1. The number of benzene rings is 1. The van der Waals surface area contributed by atoms with Crippen LogP contribution in [0.3, 0.4) is 0 Å². The van der Waals surface area contributed by atoms with Gasteiger partial charge in [-0.05, 0) is 56.6 Å². The van der Waals surface area contributed by atoms with E-state index in [0.29, 0.717) is 43.4 Å². The third kappa shape index (κ3) is 4.40. The van der Waals surface area contributed by atoms with Gasteiger partial charge < -0.3 is 15.6 Å². The van der Waals surface area contributed by atoms with Gasteiger partial charge in [-0.15, -0.1) is 0 Å². The third-order valence-electron chi connectivity index (χ3n) is 4.42. The molecule has 7 nitrogen and oxygen atoms in total. The van der Waals surface area contributed by atoms with Crippen molar-refractivity contribution in [3.05, 3.63) is 42.9 Å². The molecule has 3 N–H and O–H groups in total. The number of carbonyl (C=O) groups is 2. The van der Waals surface area contributed by atoms with Crippen molar-refractivity contribution in [1.29, 1.82) is 0 Å². The zero-order chi connectivity index (χ0) is 21.3. The van der Waals surface area contributed by atoms with Crippen LogP contribution in [0.4, 0.5) is 0 Å². The third-order valence-corrected chi connectivity index (χ3v) is 5.79. The van der Waals surface area contributed by atoms with Crippen LogP contribution in [0.5, 0.6) is 0 Å². The summed E-state index contributed by atoms with van der Waals surface area (Å²) in [5.74, 6) is -0.0127. The first kappa shape index (κ1) is 21.2. The van der Waals surface area contributed by atoms with Crippen molar-refractivity contribution in [3.8, 4) is 0 Å². The van der Waals surface area contributed by atoms with Crippen molar-refractivity contribution in [2.45, 2.75) is 40.2 Å². The zero-order valence-electron chi connectivity index (χ0n) is 16.8. The fourth-order valence-electron chi connectivity index (χ4n) is 2.99. The van der Waals surface area contributed by atoms with Gasteiger partial charge in [-0.2, -0.15) is 0 Å². The molecule has 0 saturated heterocycles. The van der Waals surface area contributed by atoms with Gasteiger partial charge in [-0.3, -0.25) is 18.8 Å². The van der Waals surface area contributed by atoms with Crippen molar-refractivity contribution in [2.75, 3.05) is 6.54 Å². The lowest BCUT2D eigenvalue weighted by Crippen LogP contribution is -2.30. The molecule has 154 valence electrons. The molecule has 0 atom stereocenters. The number of aromatic amines is 1. The van der Waals surface area contributed by atoms with Gasteiger partial charge in [-0.1, -0.05) is 25.2 Å². The van der Waals surface area contributed by atoms with Crippen molar-refractivity contribution < 1.29 is 9.59 Å². The molecule has 29 heavy (non-hydrogen) atoms. The average molecular weight is 433 g/mol. The highest BCUT2D eigenvalue weighted by Gasteiger charge is 2.19. The first-order chi connectivity index (χ1) is 13.7. The Morgan fingerprint density at radius 1 is 1.21 bits per heavy atom. The molecule has 0 unspecified atom stereocenters. The minimum Gasteiger partial charge on any atom is -0.352 e. The summed E-state index contributed by atoms with van der Waals surface area (Å²) >= 11 is 6.59. The minimum atomic E-state index is -0.335. The average Bonchev–Trinajstić information content (AvgIpc) is 2.97. The molecule has 0 fully saturated rings. The normalized spacial score (nSPS) is 11.5. The van der Waals surface area contributed by atoms with Crippen molar-refractivity contribution in [1.82, 2.24) is 20.0 Å². The van der Waals surface area contributed by atoms with Gasteiger partial charge in [0.1, 0.15) is 10.5 Å². The maximum Gasteiger partial charge on any atom is 0.265 e. The van der Waals surface area contributed by atoms with Crippen LogP contribution < -0.4 is 16.2 Å². The summed E-state index contributed by atoms with van der Waals surface area (Å²) in [6.07, 6.45) is 0.882. The van der Waals surface area contributed by atoms with Crippen molar-refractivity contribution in [2.24, 2.45) is 5.92 Å². The van der Waals surface area contributed by atoms with Crippen LogP contribution in [0.15, 0.2) is 23.0 Å². The second kappa shape index (κ2) is 8.46. The first-order valence-corrected chi connectivity index (χ1v) is 10.7. The second-order valence-electron chi connectivity index (χ2n) is 7.63. The lowest BCUT2D eigenvalue weighted by atomic mass is 10.1. The predicted molar refractivity (Wildman–Crippen MR) is 119 cm³/mol. The summed E-state index contributed by atoms with van der Waals surface area (Å²) in [6, 6.07) is 4.83. The molecule has 1 aromatic carbocycles. The highest BCUT2D eigenvalue weighted by atomic mass is 32.1. The van der Waals surface area contributed by atoms with E-state index in [1.165, 1.54) is 0 Å². The molecule has 3 rings (SSSR count). The topological polar surface area (TPSA) is 95.5 Å². The van der Waals surface area contributed by atoms with E-state index in [2.05, 4.69) is 29.5 Å². The lowest BCUT2D eigenvalue weighted by Gasteiger charge is -2.09. The fourth-order valence-corrected chi connectivity index (χ4v) is 4.27. The second-order valence-corrected chi connectivity index (χ2v) is 9.28. The van der Waals surface area contributed by atoms with E-state index in [1.54, 1.807) is 22.6 Å². The maximum atomic E-state index is 12.6. The lowest BCUT2D eigenvalue weighted by molar-refractivity contribution is 0.0941. The van der Waals surface area contributed by atoms with Crippen LogP contribution in [-0.2, 0) is 0 Å². The number of hydrogen-bond donors (Lipinski definition) is 3. The molecular weight excluding hydrogens is 408 g/mol. The summed E-state index contributed by atoms with van der Waals surface area (Å²) in [4.78, 5) is 40.7. The van der Waals surface area contributed by atoms with Crippen LogP contribution >= 0.6 is 23.6 Å². The van der Waals surface area contributed by atoms with E-state index in [4.69, 9.17) is 12.2 Å². The number of amides is 2. The molecule has 0 spiro atoms. The van der Waals surface area contributed by atoms with Crippen LogP contribution in [0.25, 0.3) is 16.6 Å². The number of carbonyl (C=O) groups excluding carboxylic acids is 2. The summed E-state index contributed by atoms with van der Waals surface area (Å²) < 4.78 is 2.07. The van der Waals surface area contributed by atoms with E-state index >= 15 is 0 Å². The first-order valence-electron chi connectivity index (χ1n) is 9.49. The van der Waals surface area contributed by atoms with Gasteiger partial charge in [0.15, 0.2) is 3.95 Å². The quantitative estimate of drug-likeness (QED) is 0.520. The number of H-pyrrole nitrogens is 1. The highest BCUT2D eigenvalue weighted by molar-refractivity contribution is 7.73. The Hall–Kier alpha value is -2.52. The summed E-state index contributed by atoms with van der Waals surface area (Å²) in [5.41, 5.74) is 0.950. The van der Waals surface area contributed by atoms with E-state index < -0.39 is 0 Å². The Bertz CT molecular complexity index is 1200. The van der Waals surface area contributed by atoms with Gasteiger partial charge in [0.2, 0.25) is 0 Å². The van der Waals surface area contributed by atoms with Crippen LogP contribution in [0, 0.1) is 9.87 Å². The minimum absolute atomic E-state index is 0.0495. The zero-order valence-corrected chi connectivity index (χ0v) is 18.4. The molecule has 0 aliphatic carbocycles. The maximum absolute atomic E-state index is 12.6. The van der Waals surface area contributed by atoms with E-state index in [1.807, 2.05) is 13.8 Å². The Morgan fingerprint density at radius 3 is 2.59 bits per heavy atom. The number of nitrogens with one attached hydrogen (secondary N) is 3. The fraction of sp³-hybridized carbons (Fsp3) is 0.400. The number of hydrogen-bond acceptors (Lipinski definition) is 5. The number of rotatable bonds is 6. The standard InChI is InChI=1S/C20H24N4O3S2/c1-10(2)7-8-21-17(25)12-5-6-13-14(9-12)24-16(23-18(13)26)15(29-20(24)28)19(27)22-11(3)4/h5-6,9-11H,7-8H2,1-4H3,(H,21,25)(H,22,27)(H,23,26). The Morgan fingerprint density at radius 2 is 1.93 bits per heavy atom. The molecule has 9 heteroatoms. The number of nitrogens with zero attached hydrogens (tertiary/aromatic N) is 1. The van der Waals surface area contributed by atoms with Crippen LogP contribution in [0.1, 0.15) is 54.1 Å². The van der Waals surface area contributed by atoms with Gasteiger partial charge in [0, 0.05) is 18.2 Å². The molecular formula is C20H24N4O3S2.